The molecule has 2 heterocycles. The molecule has 2 atom stereocenters. The first-order chi connectivity index (χ1) is 13.9. The average molecular weight is 391 g/mol. The number of hydrogen-bond donors (Lipinski definition) is 2. The molecule has 2 aromatic rings. The minimum atomic E-state index is -0.664. The molecule has 2 aliphatic rings. The predicted octanol–water partition coefficient (Wildman–Crippen LogP) is 1.94. The van der Waals surface area contributed by atoms with Gasteiger partial charge in [-0.05, 0) is 42.7 Å². The van der Waals surface area contributed by atoms with Crippen LogP contribution in [0.1, 0.15) is 57.7 Å². The topological polar surface area (TPSA) is 95.6 Å². The molecule has 2 aliphatic heterocycles. The normalized spacial score (nSPS) is 19.6. The molecule has 4 rings (SSSR count). The molecule has 0 aromatic heterocycles. The van der Waals surface area contributed by atoms with Crippen LogP contribution in [0.3, 0.4) is 0 Å². The minimum Gasteiger partial charge on any atom is -0.346 e. The van der Waals surface area contributed by atoms with E-state index in [1.807, 2.05) is 37.3 Å². The molecule has 1 unspecified atom stereocenters. The SMILES string of the molecule is C[C@H](NC(=O)c1ccc2c(c1)CN(C1CCC(=O)NC1=O)C2=O)c1ccccc1. The van der Waals surface area contributed by atoms with E-state index in [1.165, 1.54) is 4.90 Å². The van der Waals surface area contributed by atoms with Crippen molar-refractivity contribution in [2.75, 3.05) is 0 Å². The van der Waals surface area contributed by atoms with Gasteiger partial charge in [-0.15, -0.1) is 0 Å². The highest BCUT2D eigenvalue weighted by Crippen LogP contribution is 2.28. The first kappa shape index (κ1) is 18.9. The van der Waals surface area contributed by atoms with Gasteiger partial charge in [0.1, 0.15) is 6.04 Å². The Labute approximate surface area is 168 Å². The molecule has 0 bridgehead atoms. The summed E-state index contributed by atoms with van der Waals surface area (Å²) < 4.78 is 0. The summed E-state index contributed by atoms with van der Waals surface area (Å²) in [5.74, 6) is -1.24. The smallest absolute Gasteiger partial charge is 0.255 e. The van der Waals surface area contributed by atoms with Crippen molar-refractivity contribution in [3.63, 3.8) is 0 Å². The van der Waals surface area contributed by atoms with Gasteiger partial charge in [0, 0.05) is 24.1 Å². The van der Waals surface area contributed by atoms with Crippen LogP contribution in [0.5, 0.6) is 0 Å². The van der Waals surface area contributed by atoms with Gasteiger partial charge in [-0.25, -0.2) is 0 Å². The Morgan fingerprint density at radius 3 is 2.62 bits per heavy atom. The number of carbonyl (C=O) groups excluding carboxylic acids is 4. The molecule has 1 saturated heterocycles. The zero-order valence-corrected chi connectivity index (χ0v) is 16.0. The lowest BCUT2D eigenvalue weighted by Crippen LogP contribution is -2.52. The van der Waals surface area contributed by atoms with Crippen molar-refractivity contribution in [3.05, 3.63) is 70.8 Å². The number of benzene rings is 2. The first-order valence-electron chi connectivity index (χ1n) is 9.57. The number of carbonyl (C=O) groups is 4. The number of fused-ring (bicyclic) bond motifs is 1. The van der Waals surface area contributed by atoms with Crippen LogP contribution in [0.15, 0.2) is 48.5 Å². The van der Waals surface area contributed by atoms with Crippen molar-refractivity contribution in [3.8, 4) is 0 Å². The highest BCUT2D eigenvalue weighted by molar-refractivity contribution is 6.06. The Morgan fingerprint density at radius 2 is 1.90 bits per heavy atom. The van der Waals surface area contributed by atoms with Crippen molar-refractivity contribution in [1.82, 2.24) is 15.5 Å². The summed E-state index contributed by atoms with van der Waals surface area (Å²) in [4.78, 5) is 50.4. The maximum absolute atomic E-state index is 12.7. The van der Waals surface area contributed by atoms with E-state index in [0.29, 0.717) is 23.1 Å². The summed E-state index contributed by atoms with van der Waals surface area (Å²) in [7, 11) is 0. The van der Waals surface area contributed by atoms with E-state index >= 15 is 0 Å². The molecule has 7 heteroatoms. The number of nitrogens with one attached hydrogen (secondary N) is 2. The second kappa shape index (κ2) is 7.50. The lowest BCUT2D eigenvalue weighted by Gasteiger charge is -2.29. The van der Waals surface area contributed by atoms with Gasteiger partial charge < -0.3 is 10.2 Å². The molecule has 2 N–H and O–H groups in total. The van der Waals surface area contributed by atoms with Gasteiger partial charge in [-0.2, -0.15) is 0 Å². The molecule has 29 heavy (non-hydrogen) atoms. The predicted molar refractivity (Wildman–Crippen MR) is 105 cm³/mol. The maximum Gasteiger partial charge on any atom is 0.255 e. The van der Waals surface area contributed by atoms with Crippen molar-refractivity contribution in [2.24, 2.45) is 0 Å². The van der Waals surface area contributed by atoms with Crippen molar-refractivity contribution >= 4 is 23.6 Å². The third-order valence-corrected chi connectivity index (χ3v) is 5.43. The van der Waals surface area contributed by atoms with Gasteiger partial charge in [0.25, 0.3) is 11.8 Å². The van der Waals surface area contributed by atoms with E-state index in [2.05, 4.69) is 10.6 Å². The van der Waals surface area contributed by atoms with Crippen LogP contribution in [-0.4, -0.2) is 34.6 Å². The lowest BCUT2D eigenvalue weighted by molar-refractivity contribution is -0.136. The molecule has 0 spiro atoms. The van der Waals surface area contributed by atoms with Crippen LogP contribution in [0.4, 0.5) is 0 Å². The molecule has 0 radical (unpaired) electrons. The largest absolute Gasteiger partial charge is 0.346 e. The van der Waals surface area contributed by atoms with Gasteiger partial charge in [0.05, 0.1) is 6.04 Å². The first-order valence-corrected chi connectivity index (χ1v) is 9.57. The Bertz CT molecular complexity index is 1000. The second-order valence-electron chi connectivity index (χ2n) is 7.38. The fourth-order valence-corrected chi connectivity index (χ4v) is 3.82. The van der Waals surface area contributed by atoms with E-state index in [-0.39, 0.29) is 36.7 Å². The van der Waals surface area contributed by atoms with Crippen molar-refractivity contribution in [2.45, 2.75) is 38.4 Å². The lowest BCUT2D eigenvalue weighted by atomic mass is 10.0. The van der Waals surface area contributed by atoms with Gasteiger partial charge >= 0.3 is 0 Å². The van der Waals surface area contributed by atoms with Gasteiger partial charge in [0.15, 0.2) is 0 Å². The summed E-state index contributed by atoms with van der Waals surface area (Å²) in [6, 6.07) is 13.8. The molecular formula is C22H21N3O4. The molecule has 1 fully saturated rings. The van der Waals surface area contributed by atoms with Gasteiger partial charge in [-0.1, -0.05) is 30.3 Å². The van der Waals surface area contributed by atoms with E-state index in [1.54, 1.807) is 18.2 Å². The number of amides is 4. The fourth-order valence-electron chi connectivity index (χ4n) is 3.82. The van der Waals surface area contributed by atoms with E-state index in [0.717, 1.165) is 5.56 Å². The van der Waals surface area contributed by atoms with Crippen LogP contribution in [-0.2, 0) is 16.1 Å². The molecule has 2 aromatic carbocycles. The van der Waals surface area contributed by atoms with Crippen molar-refractivity contribution in [1.29, 1.82) is 0 Å². The maximum atomic E-state index is 12.7. The Kier molecular flexibility index (Phi) is 4.88. The summed E-state index contributed by atoms with van der Waals surface area (Å²) in [5, 5.41) is 5.25. The van der Waals surface area contributed by atoms with Crippen LogP contribution in [0, 0.1) is 0 Å². The number of nitrogens with zero attached hydrogens (tertiary/aromatic N) is 1. The van der Waals surface area contributed by atoms with E-state index in [9.17, 15) is 19.2 Å². The Morgan fingerprint density at radius 1 is 1.14 bits per heavy atom. The molecule has 148 valence electrons. The number of piperidine rings is 1. The highest BCUT2D eigenvalue weighted by Gasteiger charge is 2.39. The standard InChI is InChI=1S/C22H21N3O4/c1-13(14-5-3-2-4-6-14)23-20(27)15-7-8-17-16(11-15)12-25(22(17)29)18-9-10-19(26)24-21(18)28/h2-8,11,13,18H,9-10,12H2,1H3,(H,23,27)(H,24,26,28)/t13-,18?/m0/s1. The Balaban J connectivity index is 1.49. The van der Waals surface area contributed by atoms with E-state index in [4.69, 9.17) is 0 Å². The third-order valence-electron chi connectivity index (χ3n) is 5.43. The third kappa shape index (κ3) is 3.63. The molecule has 0 aliphatic carbocycles. The second-order valence-corrected chi connectivity index (χ2v) is 7.38. The number of hydrogen-bond acceptors (Lipinski definition) is 4. The van der Waals surface area contributed by atoms with Gasteiger partial charge in [-0.3, -0.25) is 24.5 Å². The van der Waals surface area contributed by atoms with Gasteiger partial charge in [0.2, 0.25) is 11.8 Å². The molecular weight excluding hydrogens is 370 g/mol. The zero-order valence-electron chi connectivity index (χ0n) is 16.0. The van der Waals surface area contributed by atoms with Crippen LogP contribution < -0.4 is 10.6 Å². The monoisotopic (exact) mass is 391 g/mol. The minimum absolute atomic E-state index is 0.154. The van der Waals surface area contributed by atoms with Crippen LogP contribution >= 0.6 is 0 Å². The molecule has 7 nitrogen and oxygen atoms in total. The van der Waals surface area contributed by atoms with Crippen molar-refractivity contribution < 1.29 is 19.2 Å². The number of imide groups is 1. The van der Waals surface area contributed by atoms with E-state index < -0.39 is 11.9 Å². The summed E-state index contributed by atoms with van der Waals surface area (Å²) in [6.45, 7) is 2.16. The molecule has 0 saturated carbocycles. The van der Waals surface area contributed by atoms with Crippen LogP contribution in [0.2, 0.25) is 0 Å². The molecule has 4 amide bonds. The quantitative estimate of drug-likeness (QED) is 0.779. The summed E-state index contributed by atoms with van der Waals surface area (Å²) in [5.41, 5.74) is 2.66. The average Bonchev–Trinajstić information content (AvgIpc) is 3.04. The van der Waals surface area contributed by atoms with Crippen LogP contribution in [0.25, 0.3) is 0 Å². The number of rotatable bonds is 4. The zero-order chi connectivity index (χ0) is 20.5. The fraction of sp³-hybridized carbons (Fsp3) is 0.273. The summed E-state index contributed by atoms with van der Waals surface area (Å²) >= 11 is 0. The summed E-state index contributed by atoms with van der Waals surface area (Å²) in [6.07, 6.45) is 0.522. The highest BCUT2D eigenvalue weighted by atomic mass is 16.2. The Hall–Kier alpha value is -3.48.